The summed E-state index contributed by atoms with van der Waals surface area (Å²) in [5, 5.41) is 16.6. The van der Waals surface area contributed by atoms with Crippen LogP contribution in [0.15, 0.2) is 53.1 Å². The van der Waals surface area contributed by atoms with Gasteiger partial charge in [-0.15, -0.1) is 0 Å². The molecule has 1 aromatic heterocycles. The van der Waals surface area contributed by atoms with E-state index >= 15 is 0 Å². The van der Waals surface area contributed by atoms with Gasteiger partial charge in [-0.25, -0.2) is 21.9 Å². The number of carbonyl (C=O) groups is 1. The van der Waals surface area contributed by atoms with Gasteiger partial charge in [-0.3, -0.25) is 4.79 Å². The fourth-order valence-electron chi connectivity index (χ4n) is 3.68. The number of hydrogen-bond donors (Lipinski definition) is 4. The number of rotatable bonds is 14. The summed E-state index contributed by atoms with van der Waals surface area (Å²) < 4.78 is 63.7. The predicted molar refractivity (Wildman–Crippen MR) is 136 cm³/mol. The first-order chi connectivity index (χ1) is 18.1. The number of nitrogens with zero attached hydrogens (tertiary/aromatic N) is 1. The van der Waals surface area contributed by atoms with E-state index in [0.717, 1.165) is 30.0 Å². The van der Waals surface area contributed by atoms with Crippen LogP contribution in [0.2, 0.25) is 0 Å². The lowest BCUT2D eigenvalue weighted by Crippen LogP contribution is -2.48. The molecule has 0 aliphatic heterocycles. The van der Waals surface area contributed by atoms with E-state index in [1.165, 1.54) is 0 Å². The van der Waals surface area contributed by atoms with Crippen molar-refractivity contribution in [2.45, 2.75) is 38.5 Å². The van der Waals surface area contributed by atoms with Crippen LogP contribution in [0.4, 0.5) is 14.8 Å². The van der Waals surface area contributed by atoms with Gasteiger partial charge in [0.1, 0.15) is 23.6 Å². The molecule has 0 aliphatic rings. The Balaban J connectivity index is 1.71. The molecule has 1 heterocycles. The average molecular weight is 553 g/mol. The molecule has 2 aromatic carbocycles. The summed E-state index contributed by atoms with van der Waals surface area (Å²) in [6.07, 6.45) is 0.0577. The van der Waals surface area contributed by atoms with Gasteiger partial charge < -0.3 is 24.9 Å². The number of anilines is 1. The molecule has 0 fully saturated rings. The van der Waals surface area contributed by atoms with Crippen molar-refractivity contribution in [1.82, 2.24) is 15.6 Å². The van der Waals surface area contributed by atoms with Crippen molar-refractivity contribution in [3.8, 4) is 5.75 Å². The molecule has 0 saturated heterocycles. The van der Waals surface area contributed by atoms with Gasteiger partial charge in [0, 0.05) is 19.2 Å². The minimum absolute atomic E-state index is 0.0286. The first kappa shape index (κ1) is 29.0. The third-order valence-electron chi connectivity index (χ3n) is 5.43. The number of halogens is 2. The zero-order valence-electron chi connectivity index (χ0n) is 20.9. The zero-order valence-corrected chi connectivity index (χ0v) is 21.7. The summed E-state index contributed by atoms with van der Waals surface area (Å²) in [6.45, 7) is 2.10. The molecule has 10 nitrogen and oxygen atoms in total. The van der Waals surface area contributed by atoms with E-state index in [4.69, 9.17) is 9.15 Å². The van der Waals surface area contributed by atoms with Gasteiger partial charge >= 0.3 is 6.01 Å². The molecule has 0 radical (unpaired) electrons. The number of nitrogens with one attached hydrogen (secondary N) is 3. The van der Waals surface area contributed by atoms with E-state index in [1.54, 1.807) is 20.1 Å². The van der Waals surface area contributed by atoms with Crippen molar-refractivity contribution >= 4 is 21.9 Å². The standard InChI is InChI=1S/C25H30F2N4O6S/c1-3-7-38(34,35)31-25-30-22(15-37-25)24(33)29-21(11-17-8-18(26)12-19(27)9-17)23(32)14-28-13-16-5-4-6-20(10-16)36-2/h4-6,8-10,12,15,21,23,28,32H,3,7,11,13-14H2,1-2H3,(H,29,33)(H,30,31)/t21-,23-/m0/s1. The SMILES string of the molecule is CCCS(=O)(=O)Nc1nc(C(=O)N[C@@H](Cc2cc(F)cc(F)c2)[C@@H](O)CNCc2cccc(OC)c2)co1. The summed E-state index contributed by atoms with van der Waals surface area (Å²) >= 11 is 0. The van der Waals surface area contributed by atoms with Crippen LogP contribution in [0.3, 0.4) is 0 Å². The second-order valence-corrected chi connectivity index (χ2v) is 10.4. The van der Waals surface area contributed by atoms with Gasteiger partial charge in [-0.2, -0.15) is 4.98 Å². The average Bonchev–Trinajstić information content (AvgIpc) is 3.30. The van der Waals surface area contributed by atoms with E-state index in [0.29, 0.717) is 18.7 Å². The first-order valence-electron chi connectivity index (χ1n) is 11.8. The number of carbonyl (C=O) groups excluding carboxylic acids is 1. The smallest absolute Gasteiger partial charge is 0.309 e. The summed E-state index contributed by atoms with van der Waals surface area (Å²) in [5.41, 5.74) is 0.865. The van der Waals surface area contributed by atoms with Gasteiger partial charge in [-0.1, -0.05) is 19.1 Å². The fraction of sp³-hybridized carbons (Fsp3) is 0.360. The van der Waals surface area contributed by atoms with Gasteiger partial charge in [0.15, 0.2) is 5.69 Å². The van der Waals surface area contributed by atoms with Gasteiger partial charge in [0.2, 0.25) is 10.0 Å². The molecule has 0 saturated carbocycles. The second-order valence-electron chi connectivity index (χ2n) is 8.57. The molecule has 3 rings (SSSR count). The Morgan fingerprint density at radius 2 is 1.89 bits per heavy atom. The normalized spacial score (nSPS) is 13.1. The third-order valence-corrected chi connectivity index (χ3v) is 6.86. The van der Waals surface area contributed by atoms with Crippen molar-refractivity contribution in [2.24, 2.45) is 0 Å². The third kappa shape index (κ3) is 8.78. The maximum atomic E-state index is 13.8. The topological polar surface area (TPSA) is 143 Å². The van der Waals surface area contributed by atoms with Crippen LogP contribution < -0.4 is 20.1 Å². The maximum absolute atomic E-state index is 13.8. The molecule has 206 valence electrons. The lowest BCUT2D eigenvalue weighted by Gasteiger charge is -2.24. The summed E-state index contributed by atoms with van der Waals surface area (Å²) in [6, 6.07) is 8.88. The summed E-state index contributed by atoms with van der Waals surface area (Å²) in [4.78, 5) is 16.7. The molecule has 4 N–H and O–H groups in total. The monoisotopic (exact) mass is 552 g/mol. The van der Waals surface area contributed by atoms with E-state index in [-0.39, 0.29) is 36.0 Å². The predicted octanol–water partition coefficient (Wildman–Crippen LogP) is 2.60. The van der Waals surface area contributed by atoms with Gasteiger partial charge in [0.05, 0.1) is 25.0 Å². The van der Waals surface area contributed by atoms with Crippen molar-refractivity contribution in [3.63, 3.8) is 0 Å². The molecular formula is C25H30F2N4O6S. The number of ether oxygens (including phenoxy) is 1. The number of methoxy groups -OCH3 is 1. The molecule has 13 heteroatoms. The highest BCUT2D eigenvalue weighted by Gasteiger charge is 2.25. The Morgan fingerprint density at radius 1 is 1.16 bits per heavy atom. The van der Waals surface area contributed by atoms with Crippen LogP contribution in [0.25, 0.3) is 0 Å². The maximum Gasteiger partial charge on any atom is 0.309 e. The van der Waals surface area contributed by atoms with Crippen LogP contribution in [0.5, 0.6) is 5.75 Å². The molecule has 0 unspecified atom stereocenters. The van der Waals surface area contributed by atoms with Crippen molar-refractivity contribution in [3.05, 3.63) is 77.2 Å². The molecular weight excluding hydrogens is 522 g/mol. The number of benzene rings is 2. The molecule has 2 atom stereocenters. The molecule has 0 aliphatic carbocycles. The Kier molecular flexibility index (Phi) is 10.2. The van der Waals surface area contributed by atoms with Crippen LogP contribution in [0, 0.1) is 11.6 Å². The van der Waals surface area contributed by atoms with Gasteiger partial charge in [0.25, 0.3) is 5.91 Å². The Labute approximate surface area is 219 Å². The van der Waals surface area contributed by atoms with Crippen LogP contribution in [0.1, 0.15) is 35.0 Å². The molecule has 38 heavy (non-hydrogen) atoms. The second kappa shape index (κ2) is 13.3. The minimum atomic E-state index is -3.69. The number of hydrogen-bond acceptors (Lipinski definition) is 8. The fourth-order valence-corrected chi connectivity index (χ4v) is 4.67. The quantitative estimate of drug-likeness (QED) is 0.239. The molecule has 1 amide bonds. The Bertz CT molecular complexity index is 1310. The zero-order chi connectivity index (χ0) is 27.7. The van der Waals surface area contributed by atoms with E-state index < -0.39 is 39.7 Å². The largest absolute Gasteiger partial charge is 0.497 e. The van der Waals surface area contributed by atoms with Gasteiger partial charge in [-0.05, 0) is 48.2 Å². The summed E-state index contributed by atoms with van der Waals surface area (Å²) in [5.74, 6) is -1.85. The number of aromatic nitrogens is 1. The Morgan fingerprint density at radius 3 is 2.58 bits per heavy atom. The highest BCUT2D eigenvalue weighted by molar-refractivity contribution is 7.92. The van der Waals surface area contributed by atoms with E-state index in [9.17, 15) is 27.1 Å². The van der Waals surface area contributed by atoms with Crippen LogP contribution in [-0.2, 0) is 23.0 Å². The number of aliphatic hydroxyl groups is 1. The molecule has 0 spiro atoms. The molecule has 3 aromatic rings. The van der Waals surface area contributed by atoms with E-state index in [1.807, 2.05) is 18.2 Å². The number of sulfonamides is 1. The highest BCUT2D eigenvalue weighted by Crippen LogP contribution is 2.15. The number of aliphatic hydroxyl groups excluding tert-OH is 1. The van der Waals surface area contributed by atoms with Crippen LogP contribution in [-0.4, -0.2) is 56.0 Å². The van der Waals surface area contributed by atoms with Crippen molar-refractivity contribution < 1.29 is 36.3 Å². The number of amides is 1. The number of oxazole rings is 1. The Hall–Kier alpha value is -3.55. The lowest BCUT2D eigenvalue weighted by molar-refractivity contribution is 0.0825. The van der Waals surface area contributed by atoms with E-state index in [2.05, 4.69) is 20.3 Å². The minimum Gasteiger partial charge on any atom is -0.497 e. The highest BCUT2D eigenvalue weighted by atomic mass is 32.2. The lowest BCUT2D eigenvalue weighted by atomic mass is 10.0. The molecule has 0 bridgehead atoms. The van der Waals surface area contributed by atoms with Crippen molar-refractivity contribution in [1.29, 1.82) is 0 Å². The summed E-state index contributed by atoms with van der Waals surface area (Å²) in [7, 11) is -2.13. The van der Waals surface area contributed by atoms with Crippen LogP contribution >= 0.6 is 0 Å². The van der Waals surface area contributed by atoms with Crippen molar-refractivity contribution in [2.75, 3.05) is 24.1 Å². The first-order valence-corrected chi connectivity index (χ1v) is 13.5.